The highest BCUT2D eigenvalue weighted by molar-refractivity contribution is 6.30. The molecular formula is C17H16ClFN2O3. The fourth-order valence-electron chi connectivity index (χ4n) is 2.17. The van der Waals surface area contributed by atoms with E-state index < -0.39 is 23.6 Å². The number of ether oxygens (including phenoxy) is 1. The van der Waals surface area contributed by atoms with Crippen molar-refractivity contribution in [1.82, 2.24) is 5.32 Å². The van der Waals surface area contributed by atoms with E-state index >= 15 is 0 Å². The molecule has 1 aromatic carbocycles. The fourth-order valence-corrected chi connectivity index (χ4v) is 2.35. The highest BCUT2D eigenvalue weighted by atomic mass is 35.5. The molecular weight excluding hydrogens is 335 g/mol. The number of amides is 1. The summed E-state index contributed by atoms with van der Waals surface area (Å²) in [7, 11) is 1.29. The Morgan fingerprint density at radius 2 is 2.21 bits per heavy atom. The average Bonchev–Trinajstić information content (AvgIpc) is 2.57. The molecule has 1 aromatic rings. The molecule has 24 heavy (non-hydrogen) atoms. The van der Waals surface area contributed by atoms with Crippen LogP contribution in [0.1, 0.15) is 12.0 Å². The molecule has 0 saturated heterocycles. The third-order valence-corrected chi connectivity index (χ3v) is 3.75. The van der Waals surface area contributed by atoms with E-state index in [0.29, 0.717) is 11.4 Å². The van der Waals surface area contributed by atoms with Crippen LogP contribution in [0, 0.1) is 11.7 Å². The summed E-state index contributed by atoms with van der Waals surface area (Å²) in [6.45, 7) is 0. The molecule has 0 saturated carbocycles. The van der Waals surface area contributed by atoms with Crippen molar-refractivity contribution < 1.29 is 18.7 Å². The third-order valence-electron chi connectivity index (χ3n) is 3.45. The Balaban J connectivity index is 2.06. The molecule has 1 atom stereocenters. The van der Waals surface area contributed by atoms with Crippen molar-refractivity contribution in [2.24, 2.45) is 11.7 Å². The molecule has 2 rings (SSSR count). The molecule has 3 N–H and O–H groups in total. The predicted octanol–water partition coefficient (Wildman–Crippen LogP) is 2.53. The smallest absolute Gasteiger partial charge is 0.312 e. The van der Waals surface area contributed by atoms with E-state index in [1.165, 1.54) is 31.4 Å². The van der Waals surface area contributed by atoms with Crippen molar-refractivity contribution in [2.75, 3.05) is 7.11 Å². The normalized spacial score (nSPS) is 17.2. The van der Waals surface area contributed by atoms with Crippen molar-refractivity contribution in [3.63, 3.8) is 0 Å². The first kappa shape index (κ1) is 17.7. The van der Waals surface area contributed by atoms with Gasteiger partial charge in [0.05, 0.1) is 23.7 Å². The molecule has 0 heterocycles. The quantitative estimate of drug-likeness (QED) is 0.646. The summed E-state index contributed by atoms with van der Waals surface area (Å²) in [6, 6.07) is 4.49. The van der Waals surface area contributed by atoms with Crippen molar-refractivity contribution in [2.45, 2.75) is 6.42 Å². The number of benzene rings is 1. The van der Waals surface area contributed by atoms with Gasteiger partial charge in [0.15, 0.2) is 0 Å². The number of allylic oxidation sites excluding steroid dienone is 2. The maximum Gasteiger partial charge on any atom is 0.312 e. The summed E-state index contributed by atoms with van der Waals surface area (Å²) in [4.78, 5) is 23.6. The van der Waals surface area contributed by atoms with Gasteiger partial charge in [-0.05, 0) is 18.2 Å². The highest BCUT2D eigenvalue weighted by Gasteiger charge is 2.23. The summed E-state index contributed by atoms with van der Waals surface area (Å²) in [5.41, 5.74) is 6.76. The number of carbonyl (C=O) groups is 2. The van der Waals surface area contributed by atoms with Gasteiger partial charge in [0.25, 0.3) is 0 Å². The number of methoxy groups -OCH3 is 1. The minimum absolute atomic E-state index is 0.0251. The molecule has 0 fully saturated rings. The number of rotatable bonds is 4. The summed E-state index contributed by atoms with van der Waals surface area (Å²) in [5, 5.41) is 2.57. The van der Waals surface area contributed by atoms with Gasteiger partial charge in [-0.25, -0.2) is 4.39 Å². The molecule has 126 valence electrons. The molecule has 0 bridgehead atoms. The topological polar surface area (TPSA) is 81.4 Å². The van der Waals surface area contributed by atoms with E-state index in [1.54, 1.807) is 18.2 Å². The van der Waals surface area contributed by atoms with Crippen LogP contribution >= 0.6 is 11.6 Å². The van der Waals surface area contributed by atoms with Crippen LogP contribution in [0.3, 0.4) is 0 Å². The minimum Gasteiger partial charge on any atom is -0.469 e. The Hall–Kier alpha value is -2.60. The second-order valence-electron chi connectivity index (χ2n) is 5.09. The maximum atomic E-state index is 13.7. The molecule has 1 aliphatic carbocycles. The lowest BCUT2D eigenvalue weighted by molar-refractivity contribution is -0.143. The van der Waals surface area contributed by atoms with Crippen LogP contribution in [-0.4, -0.2) is 19.0 Å². The molecule has 1 aliphatic rings. The van der Waals surface area contributed by atoms with E-state index in [-0.39, 0.29) is 17.0 Å². The molecule has 1 unspecified atom stereocenters. The standard InChI is InChI=1S/C17H16ClFN2O3/c1-24-17(23)11-5-7-13(20)14(9-11)21-15(22)8-6-10-3-2-4-12(18)16(10)19/h2-8,11H,9,20H2,1H3,(H,21,22)/b8-6+. The van der Waals surface area contributed by atoms with Crippen LogP contribution in [0.5, 0.6) is 0 Å². The highest BCUT2D eigenvalue weighted by Crippen LogP contribution is 2.21. The predicted molar refractivity (Wildman–Crippen MR) is 89.1 cm³/mol. The first-order valence-electron chi connectivity index (χ1n) is 7.10. The van der Waals surface area contributed by atoms with Crippen LogP contribution in [0.4, 0.5) is 4.39 Å². The lowest BCUT2D eigenvalue weighted by Gasteiger charge is -2.19. The lowest BCUT2D eigenvalue weighted by Crippen LogP contribution is -2.29. The number of carbonyl (C=O) groups excluding carboxylic acids is 2. The zero-order chi connectivity index (χ0) is 17.7. The SMILES string of the molecule is COC(=O)C1C=CC(N)=C(NC(=O)/C=C/c2cccc(Cl)c2F)C1. The second kappa shape index (κ2) is 7.79. The molecule has 0 spiro atoms. The van der Waals surface area contributed by atoms with E-state index in [4.69, 9.17) is 17.3 Å². The molecule has 7 heteroatoms. The maximum absolute atomic E-state index is 13.7. The van der Waals surface area contributed by atoms with Crippen molar-refractivity contribution in [3.8, 4) is 0 Å². The monoisotopic (exact) mass is 350 g/mol. The van der Waals surface area contributed by atoms with Crippen molar-refractivity contribution in [3.05, 3.63) is 64.2 Å². The van der Waals surface area contributed by atoms with Crippen LogP contribution in [-0.2, 0) is 14.3 Å². The number of nitrogens with two attached hydrogens (primary N) is 1. The van der Waals surface area contributed by atoms with Gasteiger partial charge in [0.1, 0.15) is 5.82 Å². The number of hydrogen-bond acceptors (Lipinski definition) is 4. The fraction of sp³-hybridized carbons (Fsp3) is 0.176. The first-order chi connectivity index (χ1) is 11.4. The van der Waals surface area contributed by atoms with E-state index in [0.717, 1.165) is 0 Å². The molecule has 0 aromatic heterocycles. The van der Waals surface area contributed by atoms with Gasteiger partial charge >= 0.3 is 5.97 Å². The van der Waals surface area contributed by atoms with Crippen LogP contribution < -0.4 is 11.1 Å². The number of hydrogen-bond donors (Lipinski definition) is 2. The summed E-state index contributed by atoms with van der Waals surface area (Å²) in [6.07, 6.45) is 5.86. The number of nitrogens with one attached hydrogen (secondary N) is 1. The molecule has 1 amide bonds. The van der Waals surface area contributed by atoms with Crippen molar-refractivity contribution in [1.29, 1.82) is 0 Å². The minimum atomic E-state index is -0.603. The Morgan fingerprint density at radius 1 is 1.46 bits per heavy atom. The van der Waals surface area contributed by atoms with Gasteiger partial charge in [-0.15, -0.1) is 0 Å². The van der Waals surface area contributed by atoms with E-state index in [1.807, 2.05) is 0 Å². The van der Waals surface area contributed by atoms with Gasteiger partial charge in [0.2, 0.25) is 5.91 Å². The van der Waals surface area contributed by atoms with E-state index in [9.17, 15) is 14.0 Å². The van der Waals surface area contributed by atoms with Crippen molar-refractivity contribution >= 4 is 29.6 Å². The summed E-state index contributed by atoms with van der Waals surface area (Å²) < 4.78 is 18.4. The largest absolute Gasteiger partial charge is 0.469 e. The van der Waals surface area contributed by atoms with E-state index in [2.05, 4.69) is 10.1 Å². The third kappa shape index (κ3) is 4.23. The zero-order valence-electron chi connectivity index (χ0n) is 12.9. The average molecular weight is 351 g/mol. The summed E-state index contributed by atoms with van der Waals surface area (Å²) >= 11 is 5.68. The van der Waals surface area contributed by atoms with Gasteiger partial charge in [0, 0.05) is 23.8 Å². The van der Waals surface area contributed by atoms with Gasteiger partial charge in [-0.2, -0.15) is 0 Å². The number of esters is 1. The van der Waals surface area contributed by atoms with Crippen LogP contribution in [0.15, 0.2) is 47.8 Å². The molecule has 0 radical (unpaired) electrons. The van der Waals surface area contributed by atoms with Crippen LogP contribution in [0.25, 0.3) is 6.08 Å². The Bertz CT molecular complexity index is 756. The Labute approximate surface area is 143 Å². The first-order valence-corrected chi connectivity index (χ1v) is 7.48. The zero-order valence-corrected chi connectivity index (χ0v) is 13.6. The van der Waals surface area contributed by atoms with Gasteiger partial charge < -0.3 is 15.8 Å². The molecule has 0 aliphatic heterocycles. The second-order valence-corrected chi connectivity index (χ2v) is 5.50. The van der Waals surface area contributed by atoms with Crippen LogP contribution in [0.2, 0.25) is 5.02 Å². The molecule has 5 nitrogen and oxygen atoms in total. The summed E-state index contributed by atoms with van der Waals surface area (Å²) in [5.74, 6) is -2.02. The van der Waals surface area contributed by atoms with Gasteiger partial charge in [-0.1, -0.05) is 29.8 Å². The Morgan fingerprint density at radius 3 is 2.92 bits per heavy atom. The Kier molecular flexibility index (Phi) is 5.76. The number of halogens is 2. The lowest BCUT2D eigenvalue weighted by atomic mass is 9.96. The van der Waals surface area contributed by atoms with Gasteiger partial charge in [-0.3, -0.25) is 9.59 Å².